The summed E-state index contributed by atoms with van der Waals surface area (Å²) in [5.74, 6) is 2.20. The Morgan fingerprint density at radius 1 is 1.35 bits per heavy atom. The van der Waals surface area contributed by atoms with Crippen molar-refractivity contribution in [1.29, 1.82) is 0 Å². The van der Waals surface area contributed by atoms with Crippen LogP contribution in [0.1, 0.15) is 37.0 Å². The number of pyridine rings is 1. The Morgan fingerprint density at radius 2 is 2.12 bits per heavy atom. The molecule has 0 aliphatic rings. The predicted octanol–water partition coefficient (Wildman–Crippen LogP) is 2.32. The molecule has 0 bridgehead atoms. The van der Waals surface area contributed by atoms with Gasteiger partial charge in [-0.1, -0.05) is 19.0 Å². The number of hydrogen-bond acceptors (Lipinski definition) is 6. The Bertz CT molecular complexity index is 857. The van der Waals surface area contributed by atoms with Gasteiger partial charge in [0.25, 0.3) is 0 Å². The average Bonchev–Trinajstić information content (AvgIpc) is 3.30. The van der Waals surface area contributed by atoms with Crippen LogP contribution < -0.4 is 5.32 Å². The topological polar surface area (TPSA) is 113 Å². The molecule has 0 fully saturated rings. The van der Waals surface area contributed by atoms with Crippen LogP contribution in [0.4, 0.5) is 4.79 Å². The minimum Gasteiger partial charge on any atom is -0.361 e. The van der Waals surface area contributed by atoms with Crippen LogP contribution >= 0.6 is 0 Å². The Balaban J connectivity index is 1.52. The largest absolute Gasteiger partial charge is 0.361 e. The van der Waals surface area contributed by atoms with Gasteiger partial charge in [0.05, 0.1) is 13.1 Å². The number of aromatic amines is 1. The van der Waals surface area contributed by atoms with Crippen LogP contribution in [0.3, 0.4) is 0 Å². The minimum absolute atomic E-state index is 0.235. The number of amides is 2. The molecule has 3 aromatic rings. The van der Waals surface area contributed by atoms with Crippen molar-refractivity contribution < 1.29 is 9.32 Å². The Morgan fingerprint density at radius 3 is 2.81 bits per heavy atom. The van der Waals surface area contributed by atoms with Crippen molar-refractivity contribution in [2.24, 2.45) is 0 Å². The highest BCUT2D eigenvalue weighted by molar-refractivity contribution is 5.73. The van der Waals surface area contributed by atoms with Crippen LogP contribution in [0.15, 0.2) is 35.1 Å². The third-order valence-electron chi connectivity index (χ3n) is 3.77. The van der Waals surface area contributed by atoms with Gasteiger partial charge in [-0.2, -0.15) is 5.10 Å². The number of aromatic nitrogens is 5. The third-order valence-corrected chi connectivity index (χ3v) is 3.77. The second-order valence-electron chi connectivity index (χ2n) is 6.23. The second-order valence-corrected chi connectivity index (χ2v) is 6.23. The highest BCUT2D eigenvalue weighted by Gasteiger charge is 2.14. The molecule has 3 aromatic heterocycles. The van der Waals surface area contributed by atoms with Gasteiger partial charge in [-0.25, -0.2) is 9.78 Å². The van der Waals surface area contributed by atoms with E-state index in [4.69, 9.17) is 4.52 Å². The van der Waals surface area contributed by atoms with E-state index in [-0.39, 0.29) is 18.5 Å². The first-order valence-corrected chi connectivity index (χ1v) is 8.29. The molecule has 0 saturated heterocycles. The first kappa shape index (κ1) is 17.6. The number of urea groups is 1. The zero-order valence-electron chi connectivity index (χ0n) is 14.9. The summed E-state index contributed by atoms with van der Waals surface area (Å²) in [6.07, 6.45) is 3.35. The molecule has 0 aliphatic carbocycles. The van der Waals surface area contributed by atoms with Crippen molar-refractivity contribution in [2.75, 3.05) is 7.05 Å². The lowest BCUT2D eigenvalue weighted by atomic mass is 10.1. The number of H-pyrrole nitrogens is 1. The first-order chi connectivity index (χ1) is 12.5. The lowest BCUT2D eigenvalue weighted by Crippen LogP contribution is -2.36. The van der Waals surface area contributed by atoms with E-state index in [1.54, 1.807) is 19.4 Å². The predicted molar refractivity (Wildman–Crippen MR) is 93.9 cm³/mol. The van der Waals surface area contributed by atoms with E-state index in [9.17, 15) is 4.79 Å². The van der Waals surface area contributed by atoms with Crippen LogP contribution in [0.5, 0.6) is 0 Å². The Hall–Kier alpha value is -3.23. The van der Waals surface area contributed by atoms with Gasteiger partial charge in [-0.05, 0) is 12.1 Å². The molecule has 0 spiro atoms. The van der Waals surface area contributed by atoms with E-state index in [0.717, 1.165) is 11.3 Å². The number of carbonyl (C=O) groups is 1. The number of carbonyl (C=O) groups excluding carboxylic acids is 1. The van der Waals surface area contributed by atoms with Crippen LogP contribution in [-0.2, 0) is 13.1 Å². The molecule has 3 heterocycles. The first-order valence-electron chi connectivity index (χ1n) is 8.29. The van der Waals surface area contributed by atoms with E-state index >= 15 is 0 Å². The molecule has 0 radical (unpaired) electrons. The summed E-state index contributed by atoms with van der Waals surface area (Å²) < 4.78 is 5.24. The fourth-order valence-electron chi connectivity index (χ4n) is 2.29. The van der Waals surface area contributed by atoms with Crippen molar-refractivity contribution in [3.05, 3.63) is 47.9 Å². The average molecular weight is 355 g/mol. The summed E-state index contributed by atoms with van der Waals surface area (Å²) in [5.41, 5.74) is 1.57. The maximum absolute atomic E-state index is 12.2. The summed E-state index contributed by atoms with van der Waals surface area (Å²) >= 11 is 0. The summed E-state index contributed by atoms with van der Waals surface area (Å²) in [4.78, 5) is 22.1. The van der Waals surface area contributed by atoms with Gasteiger partial charge in [-0.3, -0.25) is 10.1 Å². The lowest BCUT2D eigenvalue weighted by Gasteiger charge is -2.15. The van der Waals surface area contributed by atoms with Crippen LogP contribution in [-0.4, -0.2) is 43.3 Å². The van der Waals surface area contributed by atoms with E-state index < -0.39 is 0 Å². The molecule has 0 aliphatic heterocycles. The Kier molecular flexibility index (Phi) is 5.26. The van der Waals surface area contributed by atoms with Crippen molar-refractivity contribution in [2.45, 2.75) is 32.9 Å². The molecule has 0 unspecified atom stereocenters. The molecule has 9 heteroatoms. The zero-order valence-corrected chi connectivity index (χ0v) is 14.9. The highest BCUT2D eigenvalue weighted by Crippen LogP contribution is 2.16. The summed E-state index contributed by atoms with van der Waals surface area (Å²) in [6.45, 7) is 4.66. The summed E-state index contributed by atoms with van der Waals surface area (Å²) in [7, 11) is 1.70. The molecule has 2 N–H and O–H groups in total. The van der Waals surface area contributed by atoms with Crippen molar-refractivity contribution in [1.82, 2.24) is 35.5 Å². The fraction of sp³-hybridized carbons (Fsp3) is 0.353. The Labute approximate surface area is 150 Å². The fourth-order valence-corrected chi connectivity index (χ4v) is 2.29. The van der Waals surface area contributed by atoms with Gasteiger partial charge in [0.15, 0.2) is 5.82 Å². The molecule has 0 aromatic carbocycles. The van der Waals surface area contributed by atoms with Gasteiger partial charge in [0.2, 0.25) is 0 Å². The maximum atomic E-state index is 12.2. The lowest BCUT2D eigenvalue weighted by molar-refractivity contribution is 0.205. The van der Waals surface area contributed by atoms with Gasteiger partial charge in [0.1, 0.15) is 17.3 Å². The van der Waals surface area contributed by atoms with Gasteiger partial charge in [-0.15, -0.1) is 0 Å². The van der Waals surface area contributed by atoms with Crippen molar-refractivity contribution in [3.63, 3.8) is 0 Å². The molecule has 136 valence electrons. The number of hydrogen-bond donors (Lipinski definition) is 2. The third kappa shape index (κ3) is 4.24. The molecule has 2 amide bonds. The summed E-state index contributed by atoms with van der Waals surface area (Å²) in [5, 5.41) is 13.7. The quantitative estimate of drug-likeness (QED) is 0.701. The molecule has 9 nitrogen and oxygen atoms in total. The van der Waals surface area contributed by atoms with Crippen LogP contribution in [0.25, 0.3) is 11.4 Å². The number of rotatable bonds is 6. The van der Waals surface area contributed by atoms with Gasteiger partial charge in [0, 0.05) is 37.0 Å². The van der Waals surface area contributed by atoms with E-state index in [0.29, 0.717) is 23.9 Å². The number of nitrogens with zero attached hydrogens (tertiary/aromatic N) is 5. The molecule has 0 atom stereocenters. The maximum Gasteiger partial charge on any atom is 0.317 e. The van der Waals surface area contributed by atoms with E-state index in [1.807, 2.05) is 32.0 Å². The SMILES string of the molecule is CC(C)c1cc(CN(C)C(=O)NCc2nc(-c3ccncc3)n[nH]2)no1. The highest BCUT2D eigenvalue weighted by atomic mass is 16.5. The van der Waals surface area contributed by atoms with Gasteiger partial charge < -0.3 is 14.7 Å². The molecule has 26 heavy (non-hydrogen) atoms. The molecule has 3 rings (SSSR count). The van der Waals surface area contributed by atoms with Gasteiger partial charge >= 0.3 is 6.03 Å². The smallest absolute Gasteiger partial charge is 0.317 e. The van der Waals surface area contributed by atoms with Crippen molar-refractivity contribution >= 4 is 6.03 Å². The molecular formula is C17H21N7O2. The van der Waals surface area contributed by atoms with E-state index in [2.05, 4.69) is 30.6 Å². The monoisotopic (exact) mass is 355 g/mol. The standard InChI is InChI=1S/C17H21N7O2/c1-11(2)14-8-13(23-26-14)10-24(3)17(25)19-9-15-20-16(22-21-15)12-4-6-18-7-5-12/h4-8,11H,9-10H2,1-3H3,(H,19,25)(H,20,21,22). The van der Waals surface area contributed by atoms with Crippen molar-refractivity contribution in [3.8, 4) is 11.4 Å². The molecule has 0 saturated carbocycles. The van der Waals surface area contributed by atoms with E-state index in [1.165, 1.54) is 4.90 Å². The van der Waals surface area contributed by atoms with Crippen LogP contribution in [0, 0.1) is 0 Å². The minimum atomic E-state index is -0.235. The molecular weight excluding hydrogens is 334 g/mol. The van der Waals surface area contributed by atoms with Crippen LogP contribution in [0.2, 0.25) is 0 Å². The zero-order chi connectivity index (χ0) is 18.5. The normalized spacial score (nSPS) is 10.9. The summed E-state index contributed by atoms with van der Waals surface area (Å²) in [6, 6.07) is 5.28. The second kappa shape index (κ2) is 7.77. The number of nitrogens with one attached hydrogen (secondary N) is 2.